The third-order valence-corrected chi connectivity index (χ3v) is 9.35. The zero-order chi connectivity index (χ0) is 34.1. The van der Waals surface area contributed by atoms with Crippen LogP contribution in [-0.4, -0.2) is 38.0 Å². The Hall–Kier alpha value is -5.42. The first-order valence-electron chi connectivity index (χ1n) is 15.7. The van der Waals surface area contributed by atoms with Crippen molar-refractivity contribution in [2.24, 2.45) is 0 Å². The summed E-state index contributed by atoms with van der Waals surface area (Å²) < 4.78 is 28.5. The number of amides is 3. The topological polar surface area (TPSA) is 145 Å². The molecule has 0 saturated carbocycles. The summed E-state index contributed by atoms with van der Waals surface area (Å²) >= 11 is 0. The van der Waals surface area contributed by atoms with Crippen LogP contribution in [0.5, 0.6) is 0 Å². The molecule has 1 aliphatic rings. The molecule has 0 unspecified atom stereocenters. The molecule has 0 spiro atoms. The molecular weight excluding hydrogens is 628 g/mol. The Morgan fingerprint density at radius 3 is 2.23 bits per heavy atom. The molecule has 0 bridgehead atoms. The number of aryl methyl sites for hydroxylation is 1. The lowest BCUT2D eigenvalue weighted by Gasteiger charge is -2.24. The highest BCUT2D eigenvalue weighted by atomic mass is 32.2. The van der Waals surface area contributed by atoms with E-state index in [2.05, 4.69) is 21.4 Å². The van der Waals surface area contributed by atoms with Gasteiger partial charge in [0.05, 0.1) is 17.9 Å². The molecule has 10 nitrogen and oxygen atoms in total. The predicted molar refractivity (Wildman–Crippen MR) is 188 cm³/mol. The number of aliphatic carboxylic acids is 1. The summed E-state index contributed by atoms with van der Waals surface area (Å²) in [6.07, 6.45) is 6.51. The summed E-state index contributed by atoms with van der Waals surface area (Å²) in [5, 5.41) is 14.3. The van der Waals surface area contributed by atoms with Crippen molar-refractivity contribution in [3.8, 4) is 0 Å². The summed E-state index contributed by atoms with van der Waals surface area (Å²) in [4.78, 5) is 38.6. The fourth-order valence-corrected chi connectivity index (χ4v) is 6.45. The summed E-state index contributed by atoms with van der Waals surface area (Å²) in [6.45, 7) is 2.08. The van der Waals surface area contributed by atoms with E-state index in [1.165, 1.54) is 36.3 Å². The van der Waals surface area contributed by atoms with Gasteiger partial charge in [-0.15, -0.1) is 0 Å². The van der Waals surface area contributed by atoms with Crippen LogP contribution < -0.4 is 20.3 Å². The van der Waals surface area contributed by atoms with E-state index in [4.69, 9.17) is 5.11 Å². The second kappa shape index (κ2) is 15.4. The smallest absolute Gasteiger partial charge is 0.326 e. The first-order valence-corrected chi connectivity index (χ1v) is 17.2. The molecule has 1 aliphatic carbocycles. The van der Waals surface area contributed by atoms with Gasteiger partial charge in [-0.1, -0.05) is 42.5 Å². The van der Waals surface area contributed by atoms with E-state index in [0.29, 0.717) is 22.6 Å². The van der Waals surface area contributed by atoms with E-state index in [9.17, 15) is 22.8 Å². The number of carbonyl (C=O) groups excluding carboxylic acids is 2. The van der Waals surface area contributed by atoms with Gasteiger partial charge < -0.3 is 15.7 Å². The van der Waals surface area contributed by atoms with Gasteiger partial charge in [0, 0.05) is 29.2 Å². The van der Waals surface area contributed by atoms with Crippen molar-refractivity contribution in [2.75, 3.05) is 21.5 Å². The van der Waals surface area contributed by atoms with Gasteiger partial charge in [-0.25, -0.2) is 13.2 Å². The third-order valence-electron chi connectivity index (χ3n) is 7.95. The predicted octanol–water partition coefficient (Wildman–Crippen LogP) is 7.20. The normalized spacial score (nSPS) is 12.8. The number of nitrogens with zero attached hydrogens (tertiary/aromatic N) is 1. The molecule has 0 radical (unpaired) electrons. The van der Waals surface area contributed by atoms with Gasteiger partial charge in [0.15, 0.2) is 0 Å². The van der Waals surface area contributed by atoms with Crippen molar-refractivity contribution in [1.82, 2.24) is 5.32 Å². The lowest BCUT2D eigenvalue weighted by atomic mass is 9.93. The van der Waals surface area contributed by atoms with Crippen molar-refractivity contribution in [2.45, 2.75) is 50.5 Å². The van der Waals surface area contributed by atoms with Gasteiger partial charge >= 0.3 is 12.0 Å². The standard InChI is InChI=1S/C37H38N4O6S/c1-26-6-5-9-32(24-26)40-48(46,47)34-20-16-31(17-21-34)39-37(45)41(33-18-14-29(15-19-33)28-7-3-2-4-8-28)25-27-10-12-30(13-11-27)36(44)38-23-22-35(42)43/h5-7,9-21,24,40H,2-4,8,22-23,25H2,1H3,(H,38,44)(H,39,45)(H,42,43). The summed E-state index contributed by atoms with van der Waals surface area (Å²) in [7, 11) is -3.84. The van der Waals surface area contributed by atoms with Crippen LogP contribution in [0.2, 0.25) is 0 Å². The average Bonchev–Trinajstić information content (AvgIpc) is 3.08. The Kier molecular flexibility index (Phi) is 10.9. The van der Waals surface area contributed by atoms with Crippen molar-refractivity contribution in [3.63, 3.8) is 0 Å². The molecule has 0 aromatic heterocycles. The molecule has 0 heterocycles. The number of carboxylic acid groups (broad SMARTS) is 1. The Bertz CT molecular complexity index is 1900. The Morgan fingerprint density at radius 1 is 0.854 bits per heavy atom. The second-order valence-corrected chi connectivity index (χ2v) is 13.3. The Morgan fingerprint density at radius 2 is 1.58 bits per heavy atom. The lowest BCUT2D eigenvalue weighted by molar-refractivity contribution is -0.136. The number of hydrogen-bond acceptors (Lipinski definition) is 5. The molecule has 0 atom stereocenters. The minimum absolute atomic E-state index is 0.0207. The highest BCUT2D eigenvalue weighted by Crippen LogP contribution is 2.29. The van der Waals surface area contributed by atoms with E-state index in [1.807, 2.05) is 37.3 Å². The number of rotatable bonds is 12. The van der Waals surface area contributed by atoms with Crippen LogP contribution in [0.3, 0.4) is 0 Å². The number of hydrogen-bond donors (Lipinski definition) is 4. The highest BCUT2D eigenvalue weighted by molar-refractivity contribution is 7.92. The van der Waals surface area contributed by atoms with E-state index < -0.39 is 22.0 Å². The quantitative estimate of drug-likeness (QED) is 0.126. The molecule has 0 aliphatic heterocycles. The number of urea groups is 1. The number of carbonyl (C=O) groups is 3. The van der Waals surface area contributed by atoms with Gasteiger partial charge in [-0.05, 0) is 116 Å². The number of allylic oxidation sites excluding steroid dienone is 2. The number of anilines is 3. The first kappa shape index (κ1) is 33.9. The van der Waals surface area contributed by atoms with Gasteiger partial charge in [-0.3, -0.25) is 19.2 Å². The molecule has 48 heavy (non-hydrogen) atoms. The molecule has 4 aromatic rings. The number of nitrogens with one attached hydrogen (secondary N) is 3. The molecule has 248 valence electrons. The zero-order valence-corrected chi connectivity index (χ0v) is 27.4. The van der Waals surface area contributed by atoms with Gasteiger partial charge in [-0.2, -0.15) is 0 Å². The first-order chi connectivity index (χ1) is 23.1. The molecule has 11 heteroatoms. The lowest BCUT2D eigenvalue weighted by Crippen LogP contribution is -2.34. The largest absolute Gasteiger partial charge is 0.481 e. The van der Waals surface area contributed by atoms with Crippen LogP contribution in [0, 0.1) is 6.92 Å². The monoisotopic (exact) mass is 666 g/mol. The number of benzene rings is 4. The van der Waals surface area contributed by atoms with Crippen molar-refractivity contribution in [1.29, 1.82) is 0 Å². The molecular formula is C37H38N4O6S. The van der Waals surface area contributed by atoms with Crippen molar-refractivity contribution in [3.05, 3.63) is 125 Å². The molecule has 5 rings (SSSR count). The maximum atomic E-state index is 13.8. The maximum Gasteiger partial charge on any atom is 0.326 e. The van der Waals surface area contributed by atoms with Crippen LogP contribution in [-0.2, 0) is 21.4 Å². The molecule has 4 aromatic carbocycles. The SMILES string of the molecule is Cc1cccc(NS(=O)(=O)c2ccc(NC(=O)N(Cc3ccc(C(=O)NCCC(=O)O)cc3)c3ccc(C4=CCCCC4)cc3)cc2)c1. The molecule has 0 fully saturated rings. The van der Waals surface area contributed by atoms with Crippen LogP contribution in [0.15, 0.2) is 108 Å². The van der Waals surface area contributed by atoms with E-state index in [1.54, 1.807) is 47.4 Å². The van der Waals surface area contributed by atoms with Crippen LogP contribution in [0.25, 0.3) is 5.57 Å². The molecule has 0 saturated heterocycles. The third kappa shape index (κ3) is 9.10. The minimum Gasteiger partial charge on any atom is -0.481 e. The Balaban J connectivity index is 1.33. The van der Waals surface area contributed by atoms with Gasteiger partial charge in [0.2, 0.25) is 0 Å². The van der Waals surface area contributed by atoms with Crippen molar-refractivity contribution < 1.29 is 27.9 Å². The molecule has 3 amide bonds. The summed E-state index contributed by atoms with van der Waals surface area (Å²) in [5.41, 5.74) is 6.00. The highest BCUT2D eigenvalue weighted by Gasteiger charge is 2.19. The Labute approximate surface area is 280 Å². The fourth-order valence-electron chi connectivity index (χ4n) is 5.40. The van der Waals surface area contributed by atoms with Crippen LogP contribution in [0.1, 0.15) is 59.2 Å². The maximum absolute atomic E-state index is 13.8. The zero-order valence-electron chi connectivity index (χ0n) is 26.6. The van der Waals surface area contributed by atoms with Crippen LogP contribution >= 0.6 is 0 Å². The number of carboxylic acids is 1. The minimum atomic E-state index is -3.84. The molecule has 4 N–H and O–H groups in total. The van der Waals surface area contributed by atoms with Crippen molar-refractivity contribution >= 4 is 50.6 Å². The van der Waals surface area contributed by atoms with E-state index in [-0.39, 0.29) is 30.3 Å². The number of sulfonamides is 1. The average molecular weight is 667 g/mol. The summed E-state index contributed by atoms with van der Waals surface area (Å²) in [6, 6.07) is 27.2. The van der Waals surface area contributed by atoms with Gasteiger partial charge in [0.25, 0.3) is 15.9 Å². The fraction of sp³-hybridized carbons (Fsp3) is 0.216. The van der Waals surface area contributed by atoms with E-state index in [0.717, 1.165) is 36.0 Å². The second-order valence-electron chi connectivity index (χ2n) is 11.6. The summed E-state index contributed by atoms with van der Waals surface area (Å²) in [5.74, 6) is -1.38. The van der Waals surface area contributed by atoms with Gasteiger partial charge in [0.1, 0.15) is 0 Å². The van der Waals surface area contributed by atoms with E-state index >= 15 is 0 Å². The van der Waals surface area contributed by atoms with Crippen LogP contribution in [0.4, 0.5) is 21.9 Å².